The van der Waals surface area contributed by atoms with Gasteiger partial charge in [-0.1, -0.05) is 36.4 Å². The lowest BCUT2D eigenvalue weighted by atomic mass is 9.62. The number of ether oxygens (including phenoxy) is 2. The third-order valence-electron chi connectivity index (χ3n) is 9.79. The minimum atomic E-state index is -1.17. The number of hydrogen-bond acceptors (Lipinski definition) is 8. The second kappa shape index (κ2) is 13.2. The lowest BCUT2D eigenvalue weighted by Crippen LogP contribution is -2.56. The summed E-state index contributed by atoms with van der Waals surface area (Å²) in [7, 11) is 0. The molecule has 2 amide bonds. The molecule has 11 nitrogen and oxygen atoms in total. The van der Waals surface area contributed by atoms with Crippen molar-refractivity contribution in [1.82, 2.24) is 24.8 Å². The fraction of sp³-hybridized carbons (Fsp3) is 0.606. The van der Waals surface area contributed by atoms with Crippen molar-refractivity contribution in [2.75, 3.05) is 26.3 Å². The van der Waals surface area contributed by atoms with Crippen LogP contribution in [-0.2, 0) is 30.5 Å². The van der Waals surface area contributed by atoms with Crippen molar-refractivity contribution in [3.05, 3.63) is 49.6 Å². The number of unbranched alkanes of at least 4 members (excludes halogenated alkanes) is 4. The highest BCUT2D eigenvalue weighted by molar-refractivity contribution is 5.98. The molecule has 5 rings (SSSR count). The predicted molar refractivity (Wildman–Crippen MR) is 164 cm³/mol. The number of allylic oxidation sites excluding steroid dienone is 1. The van der Waals surface area contributed by atoms with E-state index in [-0.39, 0.29) is 44.2 Å². The molecule has 3 aliphatic heterocycles. The van der Waals surface area contributed by atoms with Gasteiger partial charge in [0.25, 0.3) is 0 Å². The number of nitrogens with zero attached hydrogens (tertiary/aromatic N) is 5. The first kappa shape index (κ1) is 31.8. The van der Waals surface area contributed by atoms with E-state index in [1.807, 2.05) is 44.2 Å². The largest absolute Gasteiger partial charge is 0.465 e. The van der Waals surface area contributed by atoms with E-state index in [1.54, 1.807) is 20.6 Å². The Morgan fingerprint density at radius 2 is 1.98 bits per heavy atom. The third-order valence-corrected chi connectivity index (χ3v) is 9.79. The molecule has 238 valence electrons. The van der Waals surface area contributed by atoms with E-state index in [9.17, 15) is 19.5 Å². The number of benzene rings is 1. The maximum absolute atomic E-state index is 14.7. The fourth-order valence-corrected chi connectivity index (χ4v) is 7.57. The molecule has 3 unspecified atom stereocenters. The van der Waals surface area contributed by atoms with Crippen LogP contribution in [0.5, 0.6) is 0 Å². The topological polar surface area (TPSA) is 127 Å². The number of likely N-dealkylation sites (tertiary alicyclic amines) is 1. The van der Waals surface area contributed by atoms with Gasteiger partial charge in [-0.15, -0.1) is 18.3 Å². The fourth-order valence-electron chi connectivity index (χ4n) is 7.57. The number of esters is 1. The van der Waals surface area contributed by atoms with Gasteiger partial charge in [-0.2, -0.15) is 0 Å². The number of hydrogen-bond donors (Lipinski definition) is 1. The predicted octanol–water partition coefficient (Wildman–Crippen LogP) is 3.48. The first-order valence-corrected chi connectivity index (χ1v) is 15.8. The SMILES string of the molecule is C=CCCCCOC(=O)[C@@H]1[C@H]2C(=O)N(CCCCCO)C(C(=O)N(CC=C)Cn3nnc4ccccc43)C23CC(C)[C@@]1(C)O3. The van der Waals surface area contributed by atoms with Crippen LogP contribution in [0.1, 0.15) is 58.8 Å². The van der Waals surface area contributed by atoms with E-state index in [0.29, 0.717) is 44.2 Å². The number of fused-ring (bicyclic) bond motifs is 2. The number of para-hydroxylation sites is 1. The molecular weight excluding hydrogens is 562 g/mol. The van der Waals surface area contributed by atoms with Crippen molar-refractivity contribution in [3.63, 3.8) is 0 Å². The smallest absolute Gasteiger partial charge is 0.312 e. The van der Waals surface area contributed by atoms with Gasteiger partial charge in [0, 0.05) is 19.7 Å². The molecule has 2 aromatic rings. The maximum atomic E-state index is 14.7. The lowest BCUT2D eigenvalue weighted by Gasteiger charge is -2.37. The van der Waals surface area contributed by atoms with Gasteiger partial charge in [-0.05, 0) is 69.9 Å². The average Bonchev–Trinajstić information content (AvgIpc) is 3.68. The van der Waals surface area contributed by atoms with Gasteiger partial charge in [0.05, 0.1) is 23.6 Å². The molecule has 3 aliphatic rings. The van der Waals surface area contributed by atoms with E-state index in [4.69, 9.17) is 9.47 Å². The van der Waals surface area contributed by atoms with Crippen LogP contribution >= 0.6 is 0 Å². The second-order valence-corrected chi connectivity index (χ2v) is 12.5. The van der Waals surface area contributed by atoms with Gasteiger partial charge in [0.15, 0.2) is 0 Å². The summed E-state index contributed by atoms with van der Waals surface area (Å²) in [6, 6.07) is 6.59. The second-order valence-electron chi connectivity index (χ2n) is 12.5. The van der Waals surface area contributed by atoms with Crippen molar-refractivity contribution in [3.8, 4) is 0 Å². The highest BCUT2D eigenvalue weighted by Gasteiger charge is 2.80. The standard InChI is InChI=1S/C33H45N5O6/c1-5-7-8-14-20-43-31(42)27-26-29(40)37(18-12-9-13-19-39)28(33(26)21-23(3)32(27,4)44-33)30(41)36(17-6-2)22-38-25-16-11-10-15-24(25)34-35-38/h5-6,10-11,15-16,23,26-28,39H,1-2,7-9,12-14,17-22H2,3-4H3/t23?,26-,27-,28?,32+,33?/m0/s1. The van der Waals surface area contributed by atoms with Crippen LogP contribution in [-0.4, -0.2) is 91.2 Å². The molecular formula is C33H45N5O6. The van der Waals surface area contributed by atoms with Gasteiger partial charge in [-0.3, -0.25) is 14.4 Å². The number of rotatable bonds is 16. The molecule has 2 bridgehead atoms. The Labute approximate surface area is 258 Å². The van der Waals surface area contributed by atoms with Crippen molar-refractivity contribution >= 4 is 28.8 Å². The number of aliphatic hydroxyl groups excluding tert-OH is 1. The van der Waals surface area contributed by atoms with Crippen LogP contribution in [0.3, 0.4) is 0 Å². The average molecular weight is 608 g/mol. The summed E-state index contributed by atoms with van der Waals surface area (Å²) in [5.41, 5.74) is -0.617. The zero-order valence-electron chi connectivity index (χ0n) is 25.9. The number of aromatic nitrogens is 3. The number of aliphatic hydroxyl groups is 1. The zero-order valence-corrected chi connectivity index (χ0v) is 25.9. The van der Waals surface area contributed by atoms with Gasteiger partial charge in [0.2, 0.25) is 11.8 Å². The molecule has 0 radical (unpaired) electrons. The van der Waals surface area contributed by atoms with Gasteiger partial charge < -0.3 is 24.4 Å². The third kappa shape index (κ3) is 5.45. The van der Waals surface area contributed by atoms with E-state index in [0.717, 1.165) is 18.4 Å². The molecule has 1 aromatic carbocycles. The van der Waals surface area contributed by atoms with Crippen LogP contribution in [0.15, 0.2) is 49.6 Å². The Hall–Kier alpha value is -3.57. The Kier molecular flexibility index (Phi) is 9.55. The molecule has 3 saturated heterocycles. The van der Waals surface area contributed by atoms with Gasteiger partial charge in [-0.25, -0.2) is 4.68 Å². The summed E-state index contributed by atoms with van der Waals surface area (Å²) in [6.45, 7) is 12.5. The van der Waals surface area contributed by atoms with Crippen molar-refractivity contribution < 1.29 is 29.0 Å². The summed E-state index contributed by atoms with van der Waals surface area (Å²) in [6.07, 6.45) is 8.27. The first-order valence-electron chi connectivity index (χ1n) is 15.8. The van der Waals surface area contributed by atoms with Crippen LogP contribution in [0.25, 0.3) is 11.0 Å². The van der Waals surface area contributed by atoms with E-state index in [2.05, 4.69) is 23.5 Å². The van der Waals surface area contributed by atoms with E-state index >= 15 is 0 Å². The summed E-state index contributed by atoms with van der Waals surface area (Å²) in [4.78, 5) is 46.0. The quantitative estimate of drug-likeness (QED) is 0.175. The first-order chi connectivity index (χ1) is 21.2. The Morgan fingerprint density at radius 1 is 1.18 bits per heavy atom. The Bertz CT molecular complexity index is 1390. The monoisotopic (exact) mass is 607 g/mol. The molecule has 44 heavy (non-hydrogen) atoms. The molecule has 1 aromatic heterocycles. The molecule has 0 aliphatic carbocycles. The maximum Gasteiger partial charge on any atom is 0.312 e. The highest BCUT2D eigenvalue weighted by Crippen LogP contribution is 2.65. The minimum absolute atomic E-state index is 0.0571. The van der Waals surface area contributed by atoms with Crippen molar-refractivity contribution in [2.24, 2.45) is 17.8 Å². The minimum Gasteiger partial charge on any atom is -0.465 e. The van der Waals surface area contributed by atoms with Crippen molar-refractivity contribution in [1.29, 1.82) is 0 Å². The van der Waals surface area contributed by atoms with Crippen molar-refractivity contribution in [2.45, 2.75) is 82.7 Å². The molecule has 4 heterocycles. The summed E-state index contributed by atoms with van der Waals surface area (Å²) >= 11 is 0. The normalized spacial score (nSPS) is 28.8. The molecule has 1 spiro atoms. The van der Waals surface area contributed by atoms with Crippen LogP contribution in [0.2, 0.25) is 0 Å². The molecule has 1 N–H and O–H groups in total. The Morgan fingerprint density at radius 3 is 2.73 bits per heavy atom. The Balaban J connectivity index is 1.48. The zero-order chi connectivity index (χ0) is 31.5. The lowest BCUT2D eigenvalue weighted by molar-refractivity contribution is -0.162. The summed E-state index contributed by atoms with van der Waals surface area (Å²) in [5.74, 6) is -2.69. The van der Waals surface area contributed by atoms with Crippen LogP contribution < -0.4 is 0 Å². The number of carbonyl (C=O) groups is 3. The molecule has 0 saturated carbocycles. The van der Waals surface area contributed by atoms with Gasteiger partial charge >= 0.3 is 5.97 Å². The summed E-state index contributed by atoms with van der Waals surface area (Å²) < 4.78 is 14.3. The molecule has 11 heteroatoms. The number of carbonyl (C=O) groups excluding carboxylic acids is 3. The highest BCUT2D eigenvalue weighted by atomic mass is 16.6. The van der Waals surface area contributed by atoms with Crippen LogP contribution in [0, 0.1) is 17.8 Å². The van der Waals surface area contributed by atoms with E-state index < -0.39 is 35.0 Å². The summed E-state index contributed by atoms with van der Waals surface area (Å²) in [5, 5.41) is 17.8. The number of amides is 2. The van der Waals surface area contributed by atoms with Crippen LogP contribution in [0.4, 0.5) is 0 Å². The molecule has 3 fully saturated rings. The van der Waals surface area contributed by atoms with Gasteiger partial charge in [0.1, 0.15) is 29.7 Å². The molecule has 6 atom stereocenters. The van der Waals surface area contributed by atoms with E-state index in [1.165, 1.54) is 0 Å².